The molecule has 3 aromatic rings. The standard InChI is InChI=1S/C16H15N3O3/c1-18-15-8-7-13(19(20)21)11-14(15)16(17-18)22-10-9-12-5-3-2-4-6-12/h2-8,11H,9-10H2,1H3. The molecule has 3 rings (SSSR count). The molecule has 112 valence electrons. The Bertz CT molecular complexity index is 812. The molecule has 0 aliphatic carbocycles. The maximum atomic E-state index is 10.9. The number of nitrogens with zero attached hydrogens (tertiary/aromatic N) is 3. The topological polar surface area (TPSA) is 70.2 Å². The summed E-state index contributed by atoms with van der Waals surface area (Å²) in [5, 5.41) is 15.8. The van der Waals surface area contributed by atoms with E-state index in [1.807, 2.05) is 30.3 Å². The summed E-state index contributed by atoms with van der Waals surface area (Å²) in [6.45, 7) is 0.471. The van der Waals surface area contributed by atoms with Gasteiger partial charge in [-0.15, -0.1) is 5.10 Å². The van der Waals surface area contributed by atoms with Crippen LogP contribution in [-0.2, 0) is 13.5 Å². The number of benzene rings is 2. The van der Waals surface area contributed by atoms with Gasteiger partial charge in [0.2, 0.25) is 5.88 Å². The summed E-state index contributed by atoms with van der Waals surface area (Å²) < 4.78 is 7.39. The van der Waals surface area contributed by atoms with Crippen molar-refractivity contribution in [3.05, 3.63) is 64.2 Å². The van der Waals surface area contributed by atoms with Gasteiger partial charge < -0.3 is 4.74 Å². The monoisotopic (exact) mass is 297 g/mol. The molecule has 6 heteroatoms. The summed E-state index contributed by atoms with van der Waals surface area (Å²) in [4.78, 5) is 10.5. The molecule has 0 bridgehead atoms. The Kier molecular flexibility index (Phi) is 3.74. The van der Waals surface area contributed by atoms with E-state index in [0.29, 0.717) is 17.9 Å². The van der Waals surface area contributed by atoms with Gasteiger partial charge in [-0.1, -0.05) is 30.3 Å². The molecule has 0 unspecified atom stereocenters. The summed E-state index contributed by atoms with van der Waals surface area (Å²) in [7, 11) is 1.79. The fourth-order valence-electron chi connectivity index (χ4n) is 2.35. The van der Waals surface area contributed by atoms with E-state index in [9.17, 15) is 10.1 Å². The van der Waals surface area contributed by atoms with Gasteiger partial charge >= 0.3 is 0 Å². The first-order valence-electron chi connectivity index (χ1n) is 6.93. The third kappa shape index (κ3) is 2.76. The molecular weight excluding hydrogens is 282 g/mol. The molecule has 1 aromatic heterocycles. The van der Waals surface area contributed by atoms with Crippen molar-refractivity contribution >= 4 is 16.6 Å². The summed E-state index contributed by atoms with van der Waals surface area (Å²) in [6, 6.07) is 14.7. The first-order chi connectivity index (χ1) is 10.6. The van der Waals surface area contributed by atoms with E-state index in [0.717, 1.165) is 11.9 Å². The molecule has 2 aromatic carbocycles. The van der Waals surface area contributed by atoms with E-state index in [-0.39, 0.29) is 5.69 Å². The van der Waals surface area contributed by atoms with Gasteiger partial charge in [-0.2, -0.15) is 0 Å². The number of fused-ring (bicyclic) bond motifs is 1. The first-order valence-corrected chi connectivity index (χ1v) is 6.93. The third-order valence-corrected chi connectivity index (χ3v) is 3.48. The second kappa shape index (κ2) is 5.85. The molecule has 0 fully saturated rings. The molecule has 6 nitrogen and oxygen atoms in total. The van der Waals surface area contributed by atoms with Crippen LogP contribution in [0.15, 0.2) is 48.5 Å². The van der Waals surface area contributed by atoms with Crippen molar-refractivity contribution in [2.75, 3.05) is 6.61 Å². The highest BCUT2D eigenvalue weighted by atomic mass is 16.6. The van der Waals surface area contributed by atoms with Gasteiger partial charge in [0.25, 0.3) is 5.69 Å². The maximum Gasteiger partial charge on any atom is 0.270 e. The van der Waals surface area contributed by atoms with E-state index >= 15 is 0 Å². The smallest absolute Gasteiger partial charge is 0.270 e. The van der Waals surface area contributed by atoms with Crippen molar-refractivity contribution in [2.45, 2.75) is 6.42 Å². The summed E-state index contributed by atoms with van der Waals surface area (Å²) in [6.07, 6.45) is 0.758. The van der Waals surface area contributed by atoms with Crippen LogP contribution in [0.3, 0.4) is 0 Å². The lowest BCUT2D eigenvalue weighted by Crippen LogP contribution is -2.02. The highest BCUT2D eigenvalue weighted by Crippen LogP contribution is 2.28. The molecule has 0 amide bonds. The Morgan fingerprint density at radius 3 is 2.73 bits per heavy atom. The molecule has 0 aliphatic heterocycles. The van der Waals surface area contributed by atoms with Crippen LogP contribution in [0.1, 0.15) is 5.56 Å². The van der Waals surface area contributed by atoms with E-state index in [1.54, 1.807) is 17.8 Å². The molecule has 1 heterocycles. The van der Waals surface area contributed by atoms with Crippen LogP contribution in [0.4, 0.5) is 5.69 Å². The average Bonchev–Trinajstić information content (AvgIpc) is 2.84. The summed E-state index contributed by atoms with van der Waals surface area (Å²) in [5.41, 5.74) is 2.02. The predicted octanol–water partition coefficient (Wildman–Crippen LogP) is 3.10. The number of non-ortho nitro benzene ring substituents is 1. The second-order valence-corrected chi connectivity index (χ2v) is 4.97. The summed E-state index contributed by atoms with van der Waals surface area (Å²) in [5.74, 6) is 0.428. The molecular formula is C16H15N3O3. The Balaban J connectivity index is 1.81. The number of ether oxygens (including phenoxy) is 1. The number of hydrogen-bond donors (Lipinski definition) is 0. The maximum absolute atomic E-state index is 10.9. The Morgan fingerprint density at radius 1 is 1.23 bits per heavy atom. The lowest BCUT2D eigenvalue weighted by atomic mass is 10.2. The minimum Gasteiger partial charge on any atom is -0.476 e. The van der Waals surface area contributed by atoms with Crippen LogP contribution < -0.4 is 4.74 Å². The highest BCUT2D eigenvalue weighted by molar-refractivity contribution is 5.86. The molecule has 0 aliphatic rings. The SMILES string of the molecule is Cn1nc(OCCc2ccccc2)c2cc([N+](=O)[O-])ccc21. The van der Waals surface area contributed by atoms with Crippen molar-refractivity contribution in [1.29, 1.82) is 0 Å². The van der Waals surface area contributed by atoms with Gasteiger partial charge in [-0.05, 0) is 11.6 Å². The number of nitro benzene ring substituents is 1. The molecule has 0 saturated heterocycles. The van der Waals surface area contributed by atoms with Crippen LogP contribution in [-0.4, -0.2) is 21.3 Å². The normalized spacial score (nSPS) is 10.8. The lowest BCUT2D eigenvalue weighted by molar-refractivity contribution is -0.384. The number of hydrogen-bond acceptors (Lipinski definition) is 4. The van der Waals surface area contributed by atoms with Crippen LogP contribution in [0.5, 0.6) is 5.88 Å². The van der Waals surface area contributed by atoms with E-state index in [1.165, 1.54) is 17.7 Å². The fraction of sp³-hybridized carbons (Fsp3) is 0.188. The van der Waals surface area contributed by atoms with Gasteiger partial charge in [0, 0.05) is 25.6 Å². The van der Waals surface area contributed by atoms with Crippen LogP contribution >= 0.6 is 0 Å². The Labute approximate surface area is 127 Å². The van der Waals surface area contributed by atoms with Crippen molar-refractivity contribution in [2.24, 2.45) is 7.05 Å². The molecule has 22 heavy (non-hydrogen) atoms. The minimum atomic E-state index is -0.416. The van der Waals surface area contributed by atoms with Crippen LogP contribution in [0.2, 0.25) is 0 Å². The zero-order valence-corrected chi connectivity index (χ0v) is 12.1. The zero-order chi connectivity index (χ0) is 15.5. The van der Waals surface area contributed by atoms with Gasteiger partial charge in [0.05, 0.1) is 22.4 Å². The summed E-state index contributed by atoms with van der Waals surface area (Å²) >= 11 is 0. The lowest BCUT2D eigenvalue weighted by Gasteiger charge is -2.03. The Hall–Kier alpha value is -2.89. The quantitative estimate of drug-likeness (QED) is 0.536. The molecule has 0 atom stereocenters. The minimum absolute atomic E-state index is 0.0356. The van der Waals surface area contributed by atoms with Crippen molar-refractivity contribution in [3.63, 3.8) is 0 Å². The number of rotatable bonds is 5. The first kappa shape index (κ1) is 14.1. The predicted molar refractivity (Wildman–Crippen MR) is 83.0 cm³/mol. The van der Waals surface area contributed by atoms with Gasteiger partial charge in [-0.3, -0.25) is 14.8 Å². The molecule has 0 spiro atoms. The van der Waals surface area contributed by atoms with Crippen LogP contribution in [0.25, 0.3) is 10.9 Å². The van der Waals surface area contributed by atoms with Crippen molar-refractivity contribution in [1.82, 2.24) is 9.78 Å². The van der Waals surface area contributed by atoms with Gasteiger partial charge in [-0.25, -0.2) is 0 Å². The average molecular weight is 297 g/mol. The second-order valence-electron chi connectivity index (χ2n) is 4.97. The van der Waals surface area contributed by atoms with Gasteiger partial charge in [0.1, 0.15) is 0 Å². The highest BCUT2D eigenvalue weighted by Gasteiger charge is 2.14. The Morgan fingerprint density at radius 2 is 2.00 bits per heavy atom. The fourth-order valence-corrected chi connectivity index (χ4v) is 2.35. The van der Waals surface area contributed by atoms with Crippen LogP contribution in [0, 0.1) is 10.1 Å². The number of nitro groups is 1. The van der Waals surface area contributed by atoms with E-state index in [2.05, 4.69) is 5.10 Å². The van der Waals surface area contributed by atoms with Gasteiger partial charge in [0.15, 0.2) is 0 Å². The zero-order valence-electron chi connectivity index (χ0n) is 12.1. The number of aryl methyl sites for hydroxylation is 1. The van der Waals surface area contributed by atoms with Crippen molar-refractivity contribution in [3.8, 4) is 5.88 Å². The van der Waals surface area contributed by atoms with Crippen molar-refractivity contribution < 1.29 is 9.66 Å². The van der Waals surface area contributed by atoms with E-state index < -0.39 is 4.92 Å². The molecule has 0 saturated carbocycles. The van der Waals surface area contributed by atoms with E-state index in [4.69, 9.17) is 4.74 Å². The largest absolute Gasteiger partial charge is 0.476 e. The third-order valence-electron chi connectivity index (χ3n) is 3.48. The molecule has 0 N–H and O–H groups in total. The number of aromatic nitrogens is 2. The molecule has 0 radical (unpaired) electrons.